The van der Waals surface area contributed by atoms with Crippen LogP contribution >= 0.6 is 0 Å². The molecule has 214 valence electrons. The molecule has 9 aromatic rings. The van der Waals surface area contributed by atoms with E-state index in [4.69, 9.17) is 0 Å². The molecular formula is C45H29N. The molecule has 0 aliphatic heterocycles. The summed E-state index contributed by atoms with van der Waals surface area (Å²) in [6.45, 7) is 0. The lowest BCUT2D eigenvalue weighted by Crippen LogP contribution is -1.92. The van der Waals surface area contributed by atoms with E-state index in [1.807, 2.05) is 18.5 Å². The van der Waals surface area contributed by atoms with Gasteiger partial charge in [0.15, 0.2) is 0 Å². The first-order valence-corrected chi connectivity index (χ1v) is 15.8. The van der Waals surface area contributed by atoms with Crippen LogP contribution in [0.5, 0.6) is 0 Å². The van der Waals surface area contributed by atoms with Crippen LogP contribution < -0.4 is 0 Å². The number of hydrogen-bond acceptors (Lipinski definition) is 1. The van der Waals surface area contributed by atoms with Crippen LogP contribution in [0.2, 0.25) is 0 Å². The normalized spacial score (nSPS) is 11.5. The minimum absolute atomic E-state index is 1.12. The second-order valence-electron chi connectivity index (χ2n) is 12.0. The molecule has 1 heteroatoms. The molecule has 0 amide bonds. The zero-order valence-electron chi connectivity index (χ0n) is 25.2. The van der Waals surface area contributed by atoms with Crippen molar-refractivity contribution in [2.75, 3.05) is 0 Å². The van der Waals surface area contributed by atoms with Crippen LogP contribution in [-0.4, -0.2) is 4.98 Å². The van der Waals surface area contributed by atoms with Crippen molar-refractivity contribution in [2.45, 2.75) is 0 Å². The monoisotopic (exact) mass is 583 g/mol. The largest absolute Gasteiger partial charge is 0.264 e. The molecule has 1 nitrogen and oxygen atoms in total. The molecule has 9 rings (SSSR count). The number of nitrogens with zero attached hydrogens (tertiary/aromatic N) is 1. The smallest absolute Gasteiger partial charge is 0.0346 e. The van der Waals surface area contributed by atoms with Crippen LogP contribution in [0.1, 0.15) is 0 Å². The first-order valence-electron chi connectivity index (χ1n) is 15.8. The highest BCUT2D eigenvalue weighted by Gasteiger charge is 2.18. The van der Waals surface area contributed by atoms with Crippen molar-refractivity contribution in [1.29, 1.82) is 0 Å². The predicted molar refractivity (Wildman–Crippen MR) is 195 cm³/mol. The van der Waals surface area contributed by atoms with Crippen molar-refractivity contribution in [1.82, 2.24) is 4.98 Å². The zero-order valence-corrected chi connectivity index (χ0v) is 25.2. The van der Waals surface area contributed by atoms with Gasteiger partial charge in [-0.2, -0.15) is 0 Å². The fourth-order valence-corrected chi connectivity index (χ4v) is 7.06. The highest BCUT2D eigenvalue weighted by molar-refractivity contribution is 6.28. The van der Waals surface area contributed by atoms with Crippen molar-refractivity contribution in [2.24, 2.45) is 0 Å². The summed E-state index contributed by atoms with van der Waals surface area (Å²) in [5, 5.41) is 7.75. The molecule has 0 spiro atoms. The third-order valence-corrected chi connectivity index (χ3v) is 9.29. The van der Waals surface area contributed by atoms with Crippen LogP contribution in [-0.2, 0) is 0 Å². The molecule has 0 bridgehead atoms. The first-order chi connectivity index (χ1) is 22.8. The lowest BCUT2D eigenvalue weighted by atomic mass is 9.84. The van der Waals surface area contributed by atoms with Gasteiger partial charge in [0, 0.05) is 12.4 Å². The fraction of sp³-hybridized carbons (Fsp3) is 0. The van der Waals surface area contributed by atoms with E-state index in [-0.39, 0.29) is 0 Å². The summed E-state index contributed by atoms with van der Waals surface area (Å²) in [6.07, 6.45) is 3.74. The summed E-state index contributed by atoms with van der Waals surface area (Å²) in [4.78, 5) is 4.33. The summed E-state index contributed by atoms with van der Waals surface area (Å²) in [5.41, 5.74) is 12.0. The lowest BCUT2D eigenvalue weighted by Gasteiger charge is -2.19. The highest BCUT2D eigenvalue weighted by atomic mass is 14.6. The van der Waals surface area contributed by atoms with Gasteiger partial charge in [0.1, 0.15) is 0 Å². The van der Waals surface area contributed by atoms with Crippen LogP contribution in [0.4, 0.5) is 0 Å². The van der Waals surface area contributed by atoms with Crippen LogP contribution in [0.3, 0.4) is 0 Å². The van der Waals surface area contributed by atoms with E-state index in [1.165, 1.54) is 76.8 Å². The standard InChI is InChI=1S/C45H29N/c1-3-9-30(10-4-1)37-25-38(31-11-5-2-6-12-31)27-39(26-37)43-28-42(33-18-16-32(17-19-33)36-15-8-24-46-29-36)40-22-20-34-13-7-14-35-21-23-41(43)45(40)44(34)35/h1-29H. The number of pyridine rings is 1. The van der Waals surface area contributed by atoms with Gasteiger partial charge in [0.05, 0.1) is 0 Å². The van der Waals surface area contributed by atoms with Crippen LogP contribution in [0, 0.1) is 0 Å². The van der Waals surface area contributed by atoms with E-state index < -0.39 is 0 Å². The van der Waals surface area contributed by atoms with Crippen LogP contribution in [0.15, 0.2) is 176 Å². The topological polar surface area (TPSA) is 12.9 Å². The second kappa shape index (κ2) is 10.8. The predicted octanol–water partition coefficient (Wildman–Crippen LogP) is 12.3. The fourth-order valence-electron chi connectivity index (χ4n) is 7.06. The Hall–Kier alpha value is -6.05. The van der Waals surface area contributed by atoms with Gasteiger partial charge >= 0.3 is 0 Å². The van der Waals surface area contributed by atoms with Crippen molar-refractivity contribution in [3.8, 4) is 55.6 Å². The van der Waals surface area contributed by atoms with Crippen molar-refractivity contribution < 1.29 is 0 Å². The van der Waals surface area contributed by atoms with Gasteiger partial charge < -0.3 is 0 Å². The van der Waals surface area contributed by atoms with Gasteiger partial charge in [-0.15, -0.1) is 0 Å². The molecule has 1 heterocycles. The highest BCUT2D eigenvalue weighted by Crippen LogP contribution is 2.45. The Kier molecular flexibility index (Phi) is 6.21. The minimum Gasteiger partial charge on any atom is -0.264 e. The Morgan fingerprint density at radius 2 is 0.826 bits per heavy atom. The average molecular weight is 584 g/mol. The summed E-state index contributed by atoms with van der Waals surface area (Å²) in [5.74, 6) is 0. The van der Waals surface area contributed by atoms with Crippen LogP contribution in [0.25, 0.3) is 88.0 Å². The van der Waals surface area contributed by atoms with Gasteiger partial charge in [0.25, 0.3) is 0 Å². The SMILES string of the molecule is c1ccc(-c2cc(-c3ccccc3)cc(-c3cc(-c4ccc(-c5cccnc5)cc4)c4ccc5cccc6ccc3c4c56)c2)cc1. The maximum atomic E-state index is 4.33. The molecule has 8 aromatic carbocycles. The Morgan fingerprint density at radius 3 is 1.41 bits per heavy atom. The van der Waals surface area contributed by atoms with Crippen molar-refractivity contribution >= 4 is 32.3 Å². The zero-order chi connectivity index (χ0) is 30.5. The maximum Gasteiger partial charge on any atom is 0.0346 e. The number of benzene rings is 8. The summed E-state index contributed by atoms with van der Waals surface area (Å²) in [6, 6.07) is 59.8. The molecule has 0 atom stereocenters. The second-order valence-corrected chi connectivity index (χ2v) is 12.0. The van der Waals surface area contributed by atoms with Gasteiger partial charge in [-0.3, -0.25) is 4.98 Å². The average Bonchev–Trinajstić information content (AvgIpc) is 3.14. The van der Waals surface area contributed by atoms with E-state index in [2.05, 4.69) is 163 Å². The minimum atomic E-state index is 1.12. The Bertz CT molecular complexity index is 2410. The third kappa shape index (κ3) is 4.45. The Morgan fingerprint density at radius 1 is 0.304 bits per heavy atom. The van der Waals surface area contributed by atoms with Gasteiger partial charge in [-0.05, 0) is 118 Å². The van der Waals surface area contributed by atoms with E-state index in [1.54, 1.807) is 0 Å². The van der Waals surface area contributed by atoms with E-state index in [0.717, 1.165) is 11.1 Å². The molecule has 0 aliphatic carbocycles. The quantitative estimate of drug-likeness (QED) is 0.184. The van der Waals surface area contributed by atoms with Gasteiger partial charge in [-0.25, -0.2) is 0 Å². The molecule has 0 N–H and O–H groups in total. The molecule has 0 saturated heterocycles. The molecule has 0 fully saturated rings. The molecule has 46 heavy (non-hydrogen) atoms. The molecule has 1 aromatic heterocycles. The summed E-state index contributed by atoms with van der Waals surface area (Å²) in [7, 11) is 0. The molecule has 0 unspecified atom stereocenters. The summed E-state index contributed by atoms with van der Waals surface area (Å²) >= 11 is 0. The number of rotatable bonds is 5. The van der Waals surface area contributed by atoms with Gasteiger partial charge in [0.2, 0.25) is 0 Å². The van der Waals surface area contributed by atoms with E-state index >= 15 is 0 Å². The van der Waals surface area contributed by atoms with E-state index in [9.17, 15) is 0 Å². The molecule has 0 saturated carbocycles. The molecule has 0 aliphatic rings. The maximum absolute atomic E-state index is 4.33. The molecule has 0 radical (unpaired) electrons. The Balaban J connectivity index is 1.34. The van der Waals surface area contributed by atoms with Gasteiger partial charge in [-0.1, -0.05) is 133 Å². The third-order valence-electron chi connectivity index (χ3n) is 9.29. The van der Waals surface area contributed by atoms with Crippen molar-refractivity contribution in [3.05, 3.63) is 176 Å². The lowest BCUT2D eigenvalue weighted by molar-refractivity contribution is 1.33. The molecular weight excluding hydrogens is 555 g/mol. The number of aromatic nitrogens is 1. The van der Waals surface area contributed by atoms with E-state index in [0.29, 0.717) is 0 Å². The van der Waals surface area contributed by atoms with Crippen molar-refractivity contribution in [3.63, 3.8) is 0 Å². The first kappa shape index (κ1) is 26.4. The Labute approximate surface area is 268 Å². The summed E-state index contributed by atoms with van der Waals surface area (Å²) < 4.78 is 0. The number of hydrogen-bond donors (Lipinski definition) is 0.